The molecule has 166 valence electrons. The summed E-state index contributed by atoms with van der Waals surface area (Å²) in [5, 5.41) is 13.0. The zero-order valence-corrected chi connectivity index (χ0v) is 19.7. The third-order valence-corrected chi connectivity index (χ3v) is 5.73. The number of rotatable bonds is 7. The van der Waals surface area contributed by atoms with Crippen LogP contribution in [-0.4, -0.2) is 12.7 Å². The first-order chi connectivity index (χ1) is 16.0. The van der Waals surface area contributed by atoms with Crippen molar-refractivity contribution in [3.05, 3.63) is 92.4 Å². The average Bonchev–Trinajstić information content (AvgIpc) is 3.29. The number of nitrogens with zero attached hydrogens (tertiary/aromatic N) is 1. The second-order valence-corrected chi connectivity index (χ2v) is 8.43. The van der Waals surface area contributed by atoms with Gasteiger partial charge in [-0.3, -0.25) is 4.79 Å². The van der Waals surface area contributed by atoms with E-state index >= 15 is 0 Å². The van der Waals surface area contributed by atoms with Crippen molar-refractivity contribution in [1.82, 2.24) is 5.32 Å². The van der Waals surface area contributed by atoms with Gasteiger partial charge >= 0.3 is 0 Å². The first kappa shape index (κ1) is 22.7. The molecule has 0 unspecified atom stereocenters. The highest BCUT2D eigenvalue weighted by Crippen LogP contribution is 2.32. The minimum Gasteiger partial charge on any atom is -0.488 e. The number of nitriles is 1. The molecule has 0 saturated carbocycles. The largest absolute Gasteiger partial charge is 0.488 e. The lowest BCUT2D eigenvalue weighted by Crippen LogP contribution is -2.23. The predicted octanol–water partition coefficient (Wildman–Crippen LogP) is 5.63. The number of nitrogens with one attached hydrogen (secondary N) is 1. The van der Waals surface area contributed by atoms with Crippen molar-refractivity contribution in [3.8, 4) is 23.3 Å². The monoisotopic (exact) mass is 524 g/mol. The minimum atomic E-state index is -0.493. The average molecular weight is 526 g/mol. The maximum absolute atomic E-state index is 12.7. The number of carbonyl (C=O) groups is 1. The smallest absolute Gasteiger partial charge is 0.262 e. The van der Waals surface area contributed by atoms with E-state index in [9.17, 15) is 10.1 Å². The van der Waals surface area contributed by atoms with E-state index in [0.717, 1.165) is 15.6 Å². The molecule has 6 nitrogen and oxygen atoms in total. The zero-order valence-electron chi connectivity index (χ0n) is 17.3. The van der Waals surface area contributed by atoms with Crippen LogP contribution in [0.25, 0.3) is 6.08 Å². The van der Waals surface area contributed by atoms with Crippen molar-refractivity contribution in [2.45, 2.75) is 13.2 Å². The summed E-state index contributed by atoms with van der Waals surface area (Å²) in [7, 11) is 0. The Labute approximate surface area is 204 Å². The van der Waals surface area contributed by atoms with Gasteiger partial charge in [0.05, 0.1) is 0 Å². The van der Waals surface area contributed by atoms with Gasteiger partial charge in [0.2, 0.25) is 6.79 Å². The van der Waals surface area contributed by atoms with Crippen LogP contribution in [0.5, 0.6) is 17.2 Å². The van der Waals surface area contributed by atoms with Crippen LogP contribution < -0.4 is 19.5 Å². The fourth-order valence-electron chi connectivity index (χ4n) is 3.17. The summed E-state index contributed by atoms with van der Waals surface area (Å²) < 4.78 is 17.4. The zero-order chi connectivity index (χ0) is 23.2. The van der Waals surface area contributed by atoms with E-state index in [1.54, 1.807) is 30.3 Å². The number of benzene rings is 3. The summed E-state index contributed by atoms with van der Waals surface area (Å²) >= 11 is 9.64. The molecule has 3 aromatic carbocycles. The Balaban J connectivity index is 1.48. The van der Waals surface area contributed by atoms with Crippen molar-refractivity contribution in [2.24, 2.45) is 0 Å². The molecule has 33 heavy (non-hydrogen) atoms. The van der Waals surface area contributed by atoms with Crippen LogP contribution >= 0.6 is 27.5 Å². The summed E-state index contributed by atoms with van der Waals surface area (Å²) in [6.07, 6.45) is 1.50. The Morgan fingerprint density at radius 3 is 2.79 bits per heavy atom. The van der Waals surface area contributed by atoms with Gasteiger partial charge in [-0.15, -0.1) is 0 Å². The molecule has 0 spiro atoms. The quantitative estimate of drug-likeness (QED) is 0.319. The normalized spacial score (nSPS) is 12.2. The molecule has 1 amide bonds. The van der Waals surface area contributed by atoms with E-state index < -0.39 is 5.91 Å². The molecule has 8 heteroatoms. The van der Waals surface area contributed by atoms with Gasteiger partial charge in [-0.05, 0) is 48.0 Å². The van der Waals surface area contributed by atoms with Crippen molar-refractivity contribution in [3.63, 3.8) is 0 Å². The molecule has 1 heterocycles. The number of hydrogen-bond donors (Lipinski definition) is 1. The predicted molar refractivity (Wildman–Crippen MR) is 128 cm³/mol. The Morgan fingerprint density at radius 1 is 1.15 bits per heavy atom. The highest BCUT2D eigenvalue weighted by atomic mass is 79.9. The number of ether oxygens (including phenoxy) is 3. The van der Waals surface area contributed by atoms with Crippen LogP contribution in [0.15, 0.2) is 70.7 Å². The summed E-state index contributed by atoms with van der Waals surface area (Å²) in [5.41, 5.74) is 2.21. The number of amides is 1. The van der Waals surface area contributed by atoms with Crippen LogP contribution in [0.3, 0.4) is 0 Å². The van der Waals surface area contributed by atoms with Crippen molar-refractivity contribution in [2.75, 3.05) is 6.79 Å². The van der Waals surface area contributed by atoms with Crippen LogP contribution in [-0.2, 0) is 17.9 Å². The Kier molecular flexibility index (Phi) is 7.18. The Hall–Kier alpha value is -3.47. The van der Waals surface area contributed by atoms with E-state index in [1.807, 2.05) is 36.4 Å². The molecule has 0 aromatic heterocycles. The van der Waals surface area contributed by atoms with E-state index in [1.165, 1.54) is 6.08 Å². The van der Waals surface area contributed by atoms with Gasteiger partial charge in [-0.2, -0.15) is 5.26 Å². The van der Waals surface area contributed by atoms with Crippen LogP contribution in [0.2, 0.25) is 5.02 Å². The first-order valence-corrected chi connectivity index (χ1v) is 11.1. The molecule has 3 aromatic rings. The standard InChI is InChI=1S/C25H18BrClN2O4/c26-20-6-8-22(31-14-17-3-1-2-4-21(17)27)18(11-20)10-19(12-28)25(30)29-13-16-5-7-23-24(9-16)33-15-32-23/h1-11H,13-15H2,(H,29,30). The molecule has 1 aliphatic heterocycles. The topological polar surface area (TPSA) is 80.6 Å². The van der Waals surface area contributed by atoms with Crippen LogP contribution in [0.4, 0.5) is 0 Å². The Bertz CT molecular complexity index is 1270. The van der Waals surface area contributed by atoms with Gasteiger partial charge in [0.15, 0.2) is 11.5 Å². The van der Waals surface area contributed by atoms with Gasteiger partial charge in [0, 0.05) is 27.2 Å². The van der Waals surface area contributed by atoms with Crippen molar-refractivity contribution < 1.29 is 19.0 Å². The molecule has 1 N–H and O–H groups in total. The molecule has 0 bridgehead atoms. The van der Waals surface area contributed by atoms with Crippen LogP contribution in [0, 0.1) is 11.3 Å². The molecule has 1 aliphatic rings. The molecule has 4 rings (SSSR count). The number of fused-ring (bicyclic) bond motifs is 1. The maximum Gasteiger partial charge on any atom is 0.262 e. The number of carbonyl (C=O) groups excluding carboxylic acids is 1. The Morgan fingerprint density at radius 2 is 1.97 bits per heavy atom. The molecule has 0 aliphatic carbocycles. The van der Waals surface area contributed by atoms with E-state index in [2.05, 4.69) is 21.2 Å². The molecule has 0 saturated heterocycles. The lowest BCUT2D eigenvalue weighted by Gasteiger charge is -2.11. The summed E-state index contributed by atoms with van der Waals surface area (Å²) in [6.45, 7) is 0.670. The number of hydrogen-bond acceptors (Lipinski definition) is 5. The van der Waals surface area contributed by atoms with Gasteiger partial charge in [0.25, 0.3) is 5.91 Å². The molecule has 0 fully saturated rings. The summed E-state index contributed by atoms with van der Waals surface area (Å²) in [6, 6.07) is 20.2. The highest BCUT2D eigenvalue weighted by Gasteiger charge is 2.15. The van der Waals surface area contributed by atoms with Crippen molar-refractivity contribution in [1.29, 1.82) is 5.26 Å². The van der Waals surface area contributed by atoms with Gasteiger partial charge in [-0.1, -0.05) is 51.8 Å². The second-order valence-electron chi connectivity index (χ2n) is 7.10. The molecular formula is C25H18BrClN2O4. The van der Waals surface area contributed by atoms with Crippen molar-refractivity contribution >= 4 is 39.5 Å². The third kappa shape index (κ3) is 5.67. The molecular weight excluding hydrogens is 508 g/mol. The second kappa shape index (κ2) is 10.4. The highest BCUT2D eigenvalue weighted by molar-refractivity contribution is 9.10. The molecule has 0 radical (unpaired) electrons. The maximum atomic E-state index is 12.7. The van der Waals surface area contributed by atoms with Gasteiger partial charge < -0.3 is 19.5 Å². The summed E-state index contributed by atoms with van der Waals surface area (Å²) in [4.78, 5) is 12.7. The first-order valence-electron chi connectivity index (χ1n) is 9.98. The van der Waals surface area contributed by atoms with Crippen LogP contribution in [0.1, 0.15) is 16.7 Å². The van der Waals surface area contributed by atoms with Gasteiger partial charge in [-0.25, -0.2) is 0 Å². The lowest BCUT2D eigenvalue weighted by molar-refractivity contribution is -0.117. The molecule has 0 atom stereocenters. The van der Waals surface area contributed by atoms with E-state index in [-0.39, 0.29) is 25.5 Å². The third-order valence-electron chi connectivity index (χ3n) is 4.87. The fourth-order valence-corrected chi connectivity index (χ4v) is 3.74. The SMILES string of the molecule is N#CC(=Cc1cc(Br)ccc1OCc1ccccc1Cl)C(=O)NCc1ccc2c(c1)OCO2. The minimum absolute atomic E-state index is 0.0450. The summed E-state index contributed by atoms with van der Waals surface area (Å²) in [5.74, 6) is 1.33. The fraction of sp³-hybridized carbons (Fsp3) is 0.120. The van der Waals surface area contributed by atoms with Gasteiger partial charge in [0.1, 0.15) is 24.0 Å². The van der Waals surface area contributed by atoms with E-state index in [4.69, 9.17) is 25.8 Å². The van der Waals surface area contributed by atoms with E-state index in [0.29, 0.717) is 27.8 Å². The number of halogens is 2. The lowest BCUT2D eigenvalue weighted by atomic mass is 10.1.